The maximum atomic E-state index is 11.4. The van der Waals surface area contributed by atoms with E-state index in [1.165, 1.54) is 12.1 Å². The van der Waals surface area contributed by atoms with Crippen LogP contribution in [0.5, 0.6) is 0 Å². The third kappa shape index (κ3) is 2.88. The van der Waals surface area contributed by atoms with E-state index in [1.807, 2.05) is 22.6 Å². The Morgan fingerprint density at radius 1 is 1.60 bits per heavy atom. The van der Waals surface area contributed by atoms with Gasteiger partial charge in [-0.1, -0.05) is 27.5 Å². The van der Waals surface area contributed by atoms with E-state index in [0.717, 1.165) is 0 Å². The van der Waals surface area contributed by atoms with Crippen LogP contribution in [-0.2, 0) is 0 Å². The second-order valence-corrected chi connectivity index (χ2v) is 4.73. The third-order valence-electron chi connectivity index (χ3n) is 1.66. The van der Waals surface area contributed by atoms with Crippen molar-refractivity contribution in [3.8, 4) is 0 Å². The van der Waals surface area contributed by atoms with Gasteiger partial charge in [0.25, 0.3) is 5.69 Å². The highest BCUT2D eigenvalue weighted by atomic mass is 127. The first-order valence-electron chi connectivity index (χ1n) is 3.70. The van der Waals surface area contributed by atoms with E-state index in [1.54, 1.807) is 0 Å². The van der Waals surface area contributed by atoms with Gasteiger partial charge in [-0.25, -0.2) is 0 Å². The molecule has 0 saturated carbocycles. The average Bonchev–Trinajstić information content (AvgIpc) is 2.20. The second kappa shape index (κ2) is 5.22. The van der Waals surface area contributed by atoms with E-state index in [0.29, 0.717) is 8.59 Å². The molecule has 0 aliphatic rings. The molecule has 0 heterocycles. The van der Waals surface area contributed by atoms with Crippen molar-refractivity contribution in [3.63, 3.8) is 0 Å². The molecule has 1 rings (SSSR count). The molecule has 0 aliphatic heterocycles. The van der Waals surface area contributed by atoms with Crippen LogP contribution in [0.3, 0.4) is 0 Å². The molecule has 0 N–H and O–H groups in total. The zero-order valence-electron chi connectivity index (χ0n) is 7.17. The molecule has 15 heavy (non-hydrogen) atoms. The Balaban J connectivity index is 3.41. The van der Waals surface area contributed by atoms with Gasteiger partial charge in [-0.3, -0.25) is 14.9 Å². The summed E-state index contributed by atoms with van der Waals surface area (Å²) in [6.45, 7) is 0. The van der Waals surface area contributed by atoms with Crippen LogP contribution < -0.4 is 0 Å². The quantitative estimate of drug-likeness (QED) is 0.255. The number of ketones is 1. The summed E-state index contributed by atoms with van der Waals surface area (Å²) in [6, 6.07) is 2.61. The van der Waals surface area contributed by atoms with E-state index in [4.69, 9.17) is 11.6 Å². The highest BCUT2D eigenvalue weighted by Crippen LogP contribution is 2.28. The third-order valence-corrected chi connectivity index (χ3v) is 3.69. The van der Waals surface area contributed by atoms with Crippen LogP contribution in [0.15, 0.2) is 12.1 Å². The molecule has 0 fully saturated rings. The monoisotopic (exact) mass is 403 g/mol. The number of hydrogen-bond acceptors (Lipinski definition) is 3. The molecule has 0 spiro atoms. The van der Waals surface area contributed by atoms with Gasteiger partial charge in [0.05, 0.1) is 20.8 Å². The fraction of sp³-hybridized carbons (Fsp3) is 0.125. The second-order valence-electron chi connectivity index (χ2n) is 2.60. The highest BCUT2D eigenvalue weighted by Gasteiger charge is 2.21. The van der Waals surface area contributed by atoms with Crippen LogP contribution in [0.25, 0.3) is 0 Å². The Labute approximate surface area is 112 Å². The first kappa shape index (κ1) is 12.9. The van der Waals surface area contributed by atoms with Crippen molar-refractivity contribution in [3.05, 3.63) is 36.4 Å². The minimum absolute atomic E-state index is 0.0299. The van der Waals surface area contributed by atoms with Gasteiger partial charge in [-0.05, 0) is 28.7 Å². The fourth-order valence-corrected chi connectivity index (χ4v) is 1.90. The summed E-state index contributed by atoms with van der Waals surface area (Å²) in [7, 11) is 0. The molecule has 1 aromatic carbocycles. The van der Waals surface area contributed by atoms with E-state index < -0.39 is 4.92 Å². The number of nitrogens with zero attached hydrogens (tertiary/aromatic N) is 1. The molecule has 0 aromatic heterocycles. The lowest BCUT2D eigenvalue weighted by Gasteiger charge is -2.02. The average molecular weight is 404 g/mol. The van der Waals surface area contributed by atoms with Crippen LogP contribution in [0.2, 0.25) is 5.02 Å². The molecular weight excluding hydrogens is 400 g/mol. The van der Waals surface area contributed by atoms with E-state index >= 15 is 0 Å². The van der Waals surface area contributed by atoms with Crippen molar-refractivity contribution in [2.24, 2.45) is 0 Å². The Morgan fingerprint density at radius 2 is 2.20 bits per heavy atom. The smallest absolute Gasteiger partial charge is 0.281 e. The van der Waals surface area contributed by atoms with Gasteiger partial charge in [-0.2, -0.15) is 0 Å². The lowest BCUT2D eigenvalue weighted by molar-refractivity contribution is -0.385. The first-order chi connectivity index (χ1) is 6.97. The van der Waals surface area contributed by atoms with Crippen molar-refractivity contribution in [1.82, 2.24) is 0 Å². The molecule has 0 atom stereocenters. The predicted molar refractivity (Wildman–Crippen MR) is 68.9 cm³/mol. The number of carbonyl (C=O) groups is 1. The van der Waals surface area contributed by atoms with Crippen molar-refractivity contribution in [2.45, 2.75) is 0 Å². The van der Waals surface area contributed by atoms with Gasteiger partial charge in [0.2, 0.25) is 0 Å². The van der Waals surface area contributed by atoms with Gasteiger partial charge in [0.15, 0.2) is 5.78 Å². The molecule has 0 radical (unpaired) electrons. The molecule has 0 bridgehead atoms. The Hall–Kier alpha value is -0.210. The zero-order chi connectivity index (χ0) is 11.6. The maximum absolute atomic E-state index is 11.4. The van der Waals surface area contributed by atoms with Crippen LogP contribution in [0.1, 0.15) is 10.4 Å². The molecule has 4 nitrogen and oxygen atoms in total. The van der Waals surface area contributed by atoms with Crippen molar-refractivity contribution < 1.29 is 9.72 Å². The van der Waals surface area contributed by atoms with Gasteiger partial charge in [0, 0.05) is 9.64 Å². The summed E-state index contributed by atoms with van der Waals surface area (Å²) in [5, 5.41) is 11.1. The van der Waals surface area contributed by atoms with Crippen LogP contribution >= 0.6 is 50.1 Å². The lowest BCUT2D eigenvalue weighted by Crippen LogP contribution is -2.05. The molecule has 80 valence electrons. The van der Waals surface area contributed by atoms with Crippen LogP contribution in [-0.4, -0.2) is 16.0 Å². The van der Waals surface area contributed by atoms with Gasteiger partial charge in [0.1, 0.15) is 0 Å². The normalized spacial score (nSPS) is 10.1. The minimum atomic E-state index is -0.589. The number of carbonyl (C=O) groups excluding carboxylic acids is 1. The highest BCUT2D eigenvalue weighted by molar-refractivity contribution is 14.1. The summed E-state index contributed by atoms with van der Waals surface area (Å²) >= 11 is 10.6. The van der Waals surface area contributed by atoms with Crippen molar-refractivity contribution >= 4 is 61.6 Å². The van der Waals surface area contributed by atoms with Gasteiger partial charge < -0.3 is 0 Å². The summed E-state index contributed by atoms with van der Waals surface area (Å²) in [5.74, 6) is -0.361. The summed E-state index contributed by atoms with van der Waals surface area (Å²) in [4.78, 5) is 21.5. The first-order valence-corrected chi connectivity index (χ1v) is 6.27. The number of rotatable bonds is 3. The maximum Gasteiger partial charge on any atom is 0.281 e. The molecular formula is C8H4BrClINO3. The lowest BCUT2D eigenvalue weighted by atomic mass is 10.1. The predicted octanol–water partition coefficient (Wildman–Crippen LogP) is 3.43. The molecule has 0 saturated heterocycles. The number of hydrogen-bond donors (Lipinski definition) is 0. The van der Waals surface area contributed by atoms with Gasteiger partial charge in [-0.15, -0.1) is 0 Å². The SMILES string of the molecule is O=C(CBr)c1cc(Cl)c(I)cc1[N+](=O)[O-]. The summed E-state index contributed by atoms with van der Waals surface area (Å²) < 4.78 is 0.548. The van der Waals surface area contributed by atoms with E-state index in [-0.39, 0.29) is 22.4 Å². The summed E-state index contributed by atoms with van der Waals surface area (Å²) in [6.07, 6.45) is 0. The fourth-order valence-electron chi connectivity index (χ4n) is 0.983. The number of alkyl halides is 1. The number of benzene rings is 1. The largest absolute Gasteiger partial charge is 0.293 e. The Morgan fingerprint density at radius 3 is 2.67 bits per heavy atom. The van der Waals surface area contributed by atoms with Crippen molar-refractivity contribution in [1.29, 1.82) is 0 Å². The van der Waals surface area contributed by atoms with Crippen LogP contribution in [0, 0.1) is 13.7 Å². The molecule has 0 amide bonds. The topological polar surface area (TPSA) is 60.2 Å². The molecule has 0 aliphatic carbocycles. The zero-order valence-corrected chi connectivity index (χ0v) is 11.7. The van der Waals surface area contributed by atoms with E-state index in [2.05, 4.69) is 15.9 Å². The van der Waals surface area contributed by atoms with Crippen molar-refractivity contribution in [2.75, 3.05) is 5.33 Å². The van der Waals surface area contributed by atoms with Gasteiger partial charge >= 0.3 is 0 Å². The number of Topliss-reactive ketones (excluding diaryl/α,β-unsaturated/α-hetero) is 1. The molecule has 1 aromatic rings. The summed E-state index contributed by atoms with van der Waals surface area (Å²) in [5.41, 5.74) is -0.185. The molecule has 7 heteroatoms. The van der Waals surface area contributed by atoms with Crippen LogP contribution in [0.4, 0.5) is 5.69 Å². The minimum Gasteiger partial charge on any atom is -0.293 e. The standard InChI is InChI=1S/C8H4BrClINO3/c9-3-8(13)4-1-5(10)6(11)2-7(4)12(14)15/h1-2H,3H2. The van der Waals surface area contributed by atoms with E-state index in [9.17, 15) is 14.9 Å². The number of halogens is 3. The Bertz CT molecular complexity index is 438. The molecule has 0 unspecified atom stereocenters. The number of nitro benzene ring substituents is 1. The number of nitro groups is 1. The Kier molecular flexibility index (Phi) is 4.47.